The van der Waals surface area contributed by atoms with Crippen molar-refractivity contribution in [2.75, 3.05) is 38.6 Å². The van der Waals surface area contributed by atoms with Crippen molar-refractivity contribution in [3.63, 3.8) is 0 Å². The fraction of sp³-hybridized carbons (Fsp3) is 0.714. The molecule has 0 radical (unpaired) electrons. The van der Waals surface area contributed by atoms with E-state index in [2.05, 4.69) is 16.9 Å². The average molecular weight is 314 g/mol. The Hall–Kier alpha value is -1.11. The maximum Gasteiger partial charge on any atom is 0.287 e. The van der Waals surface area contributed by atoms with Crippen molar-refractivity contribution < 1.29 is 0 Å². The van der Waals surface area contributed by atoms with Crippen LogP contribution in [-0.4, -0.2) is 54.5 Å². The summed E-state index contributed by atoms with van der Waals surface area (Å²) < 4.78 is 1.42. The Morgan fingerprint density at radius 2 is 2.24 bits per heavy atom. The van der Waals surface area contributed by atoms with Gasteiger partial charge in [0.15, 0.2) is 0 Å². The highest BCUT2D eigenvalue weighted by Crippen LogP contribution is 2.26. The van der Waals surface area contributed by atoms with Crippen molar-refractivity contribution in [2.24, 2.45) is 11.7 Å². The van der Waals surface area contributed by atoms with Crippen LogP contribution in [0.3, 0.4) is 0 Å². The molecule has 2 atom stereocenters. The minimum atomic E-state index is -0.233. The molecule has 2 heterocycles. The fourth-order valence-electron chi connectivity index (χ4n) is 2.45. The molecule has 0 bridgehead atoms. The molecule has 0 amide bonds. The number of piperidine rings is 1. The minimum absolute atomic E-state index is 0.103. The zero-order chi connectivity index (χ0) is 15.6. The van der Waals surface area contributed by atoms with E-state index >= 15 is 0 Å². The smallest absolute Gasteiger partial charge is 0.287 e. The SMILES string of the molecule is CC1CCN(c2cnn(CCN(C)C)c(=O)c2Cl)CC1N. The number of hydrogen-bond acceptors (Lipinski definition) is 5. The predicted octanol–water partition coefficient (Wildman–Crippen LogP) is 0.632. The van der Waals surface area contributed by atoms with E-state index in [-0.39, 0.29) is 16.6 Å². The summed E-state index contributed by atoms with van der Waals surface area (Å²) in [5, 5.41) is 4.48. The van der Waals surface area contributed by atoms with E-state index in [1.165, 1.54) is 4.68 Å². The summed E-state index contributed by atoms with van der Waals surface area (Å²) in [4.78, 5) is 16.4. The third-order valence-electron chi connectivity index (χ3n) is 4.08. The number of hydrogen-bond donors (Lipinski definition) is 1. The summed E-state index contributed by atoms with van der Waals surface area (Å²) in [6.45, 7) is 5.00. The second-order valence-corrected chi connectivity index (χ2v) is 6.43. The van der Waals surface area contributed by atoms with Crippen molar-refractivity contribution in [3.8, 4) is 0 Å². The molecule has 1 aromatic rings. The molecule has 2 rings (SSSR count). The molecule has 0 spiro atoms. The first kappa shape index (κ1) is 16.3. The highest BCUT2D eigenvalue weighted by atomic mass is 35.5. The second-order valence-electron chi connectivity index (χ2n) is 6.05. The zero-order valence-electron chi connectivity index (χ0n) is 12.9. The Labute approximate surface area is 130 Å². The Morgan fingerprint density at radius 3 is 2.86 bits per heavy atom. The summed E-state index contributed by atoms with van der Waals surface area (Å²) in [5.74, 6) is 0.494. The molecule has 7 heteroatoms. The molecule has 0 aliphatic carbocycles. The maximum atomic E-state index is 12.3. The van der Waals surface area contributed by atoms with Gasteiger partial charge in [-0.15, -0.1) is 0 Å². The van der Waals surface area contributed by atoms with E-state index in [0.29, 0.717) is 24.7 Å². The van der Waals surface area contributed by atoms with Gasteiger partial charge in [0, 0.05) is 25.7 Å². The highest BCUT2D eigenvalue weighted by molar-refractivity contribution is 6.33. The molecule has 21 heavy (non-hydrogen) atoms. The molecule has 1 fully saturated rings. The van der Waals surface area contributed by atoms with Gasteiger partial charge in [-0.1, -0.05) is 18.5 Å². The number of anilines is 1. The van der Waals surface area contributed by atoms with Gasteiger partial charge in [-0.25, -0.2) is 4.68 Å². The standard InChI is InChI=1S/C14H24ClN5O/c1-10-4-5-19(9-11(10)16)12-8-17-20(7-6-18(2)3)14(21)13(12)15/h8,10-11H,4-7,9,16H2,1-3H3. The van der Waals surface area contributed by atoms with Crippen LogP contribution in [0.15, 0.2) is 11.0 Å². The van der Waals surface area contributed by atoms with E-state index in [0.717, 1.165) is 19.5 Å². The molecular weight excluding hydrogens is 290 g/mol. The fourth-order valence-corrected chi connectivity index (χ4v) is 2.71. The topological polar surface area (TPSA) is 67.4 Å². The number of nitrogens with zero attached hydrogens (tertiary/aromatic N) is 4. The minimum Gasteiger partial charge on any atom is -0.367 e. The lowest BCUT2D eigenvalue weighted by Gasteiger charge is -2.36. The van der Waals surface area contributed by atoms with Crippen LogP contribution in [0, 0.1) is 5.92 Å². The van der Waals surface area contributed by atoms with E-state index in [4.69, 9.17) is 17.3 Å². The molecule has 1 aromatic heterocycles. The molecule has 1 saturated heterocycles. The lowest BCUT2D eigenvalue weighted by Crippen LogP contribution is -2.48. The Bertz CT molecular complexity index is 545. The molecule has 0 aromatic carbocycles. The summed E-state index contributed by atoms with van der Waals surface area (Å²) >= 11 is 6.26. The zero-order valence-corrected chi connectivity index (χ0v) is 13.7. The first-order valence-electron chi connectivity index (χ1n) is 7.31. The van der Waals surface area contributed by atoms with Gasteiger partial charge >= 0.3 is 0 Å². The molecule has 2 unspecified atom stereocenters. The third-order valence-corrected chi connectivity index (χ3v) is 4.44. The van der Waals surface area contributed by atoms with Crippen LogP contribution >= 0.6 is 11.6 Å². The van der Waals surface area contributed by atoms with Gasteiger partial charge in [0.1, 0.15) is 5.02 Å². The number of likely N-dealkylation sites (N-methyl/N-ethyl adjacent to an activating group) is 1. The Kier molecular flexibility index (Phi) is 5.24. The van der Waals surface area contributed by atoms with Crippen LogP contribution in [-0.2, 0) is 6.54 Å². The summed E-state index contributed by atoms with van der Waals surface area (Å²) in [6.07, 6.45) is 2.68. The van der Waals surface area contributed by atoms with Gasteiger partial charge in [0.05, 0.1) is 18.4 Å². The Morgan fingerprint density at radius 1 is 1.52 bits per heavy atom. The average Bonchev–Trinajstić information content (AvgIpc) is 2.43. The van der Waals surface area contributed by atoms with Gasteiger partial charge in [0.25, 0.3) is 5.56 Å². The van der Waals surface area contributed by atoms with E-state index in [1.54, 1.807) is 6.20 Å². The maximum absolute atomic E-state index is 12.3. The quantitative estimate of drug-likeness (QED) is 0.883. The normalized spacial score (nSPS) is 22.9. The van der Waals surface area contributed by atoms with Crippen LogP contribution in [0.4, 0.5) is 5.69 Å². The first-order chi connectivity index (χ1) is 9.90. The van der Waals surface area contributed by atoms with E-state index < -0.39 is 0 Å². The van der Waals surface area contributed by atoms with Gasteiger partial charge < -0.3 is 15.5 Å². The van der Waals surface area contributed by atoms with Crippen LogP contribution in [0.1, 0.15) is 13.3 Å². The van der Waals surface area contributed by atoms with Gasteiger partial charge in [-0.2, -0.15) is 5.10 Å². The third kappa shape index (κ3) is 3.75. The lowest BCUT2D eigenvalue weighted by molar-refractivity contribution is 0.366. The number of nitrogens with two attached hydrogens (primary N) is 1. The molecule has 6 nitrogen and oxygen atoms in total. The predicted molar refractivity (Wildman–Crippen MR) is 86.0 cm³/mol. The van der Waals surface area contributed by atoms with Crippen LogP contribution < -0.4 is 16.2 Å². The van der Waals surface area contributed by atoms with Gasteiger partial charge in [-0.3, -0.25) is 4.79 Å². The Balaban J connectivity index is 2.19. The van der Waals surface area contributed by atoms with Crippen LogP contribution in [0.5, 0.6) is 0 Å². The molecule has 1 aliphatic rings. The van der Waals surface area contributed by atoms with Gasteiger partial charge in [-0.05, 0) is 26.4 Å². The highest BCUT2D eigenvalue weighted by Gasteiger charge is 2.25. The molecular formula is C14H24ClN5O. The van der Waals surface area contributed by atoms with Crippen LogP contribution in [0.2, 0.25) is 5.02 Å². The molecule has 118 valence electrons. The molecule has 0 saturated carbocycles. The van der Waals surface area contributed by atoms with E-state index in [1.807, 2.05) is 19.0 Å². The van der Waals surface area contributed by atoms with Gasteiger partial charge in [0.2, 0.25) is 0 Å². The van der Waals surface area contributed by atoms with Crippen molar-refractivity contribution in [2.45, 2.75) is 25.9 Å². The monoisotopic (exact) mass is 313 g/mol. The summed E-state index contributed by atoms with van der Waals surface area (Å²) in [7, 11) is 3.91. The summed E-state index contributed by atoms with van der Waals surface area (Å²) in [5.41, 5.74) is 6.58. The number of aromatic nitrogens is 2. The van der Waals surface area contributed by atoms with Crippen molar-refractivity contribution in [1.82, 2.24) is 14.7 Å². The van der Waals surface area contributed by atoms with Crippen molar-refractivity contribution in [1.29, 1.82) is 0 Å². The lowest BCUT2D eigenvalue weighted by atomic mass is 9.94. The molecule has 1 aliphatic heterocycles. The van der Waals surface area contributed by atoms with E-state index in [9.17, 15) is 4.79 Å². The van der Waals surface area contributed by atoms with Crippen LogP contribution in [0.25, 0.3) is 0 Å². The molecule has 2 N–H and O–H groups in total. The largest absolute Gasteiger partial charge is 0.367 e. The second kappa shape index (κ2) is 6.77. The first-order valence-corrected chi connectivity index (χ1v) is 7.69. The van der Waals surface area contributed by atoms with Crippen molar-refractivity contribution >= 4 is 17.3 Å². The van der Waals surface area contributed by atoms with Crippen molar-refractivity contribution in [3.05, 3.63) is 21.6 Å². The number of rotatable bonds is 4. The number of halogens is 1. The summed E-state index contributed by atoms with van der Waals surface area (Å²) in [6, 6.07) is 0.103.